The number of hydrazine groups is 1. The van der Waals surface area contributed by atoms with E-state index >= 15 is 8.78 Å². The molecule has 0 aromatic heterocycles. The number of halogens is 5. The first-order chi connectivity index (χ1) is 14.8. The van der Waals surface area contributed by atoms with Gasteiger partial charge in [0.05, 0.1) is 10.7 Å². The summed E-state index contributed by atoms with van der Waals surface area (Å²) in [5, 5.41) is 7.68. The Morgan fingerprint density at radius 2 is 1.65 bits per heavy atom. The zero-order valence-corrected chi connectivity index (χ0v) is 18.6. The number of piperidine rings is 1. The normalized spacial score (nSPS) is 21.1. The summed E-state index contributed by atoms with van der Waals surface area (Å²) >= 11 is 18.2. The summed E-state index contributed by atoms with van der Waals surface area (Å²) in [6.07, 6.45) is 2.83. The maximum absolute atomic E-state index is 15.7. The topological polar surface area (TPSA) is 47.9 Å². The molecule has 2 aromatic carbocycles. The molecule has 0 saturated carbocycles. The first kappa shape index (κ1) is 22.3. The van der Waals surface area contributed by atoms with Crippen molar-refractivity contribution in [2.75, 3.05) is 18.1 Å². The Kier molecular flexibility index (Phi) is 6.40. The van der Waals surface area contributed by atoms with Crippen LogP contribution in [0.5, 0.6) is 0 Å². The lowest BCUT2D eigenvalue weighted by molar-refractivity contribution is -0.121. The van der Waals surface area contributed by atoms with E-state index in [2.05, 4.69) is 10.5 Å². The molecular weight excluding hydrogens is 469 g/mol. The van der Waals surface area contributed by atoms with Crippen LogP contribution < -0.4 is 10.4 Å². The third-order valence-electron chi connectivity index (χ3n) is 5.28. The molecule has 1 fully saturated rings. The molecule has 1 saturated heterocycles. The van der Waals surface area contributed by atoms with E-state index in [1.807, 2.05) is 0 Å². The number of rotatable bonds is 4. The number of hydrogen-bond acceptors (Lipinski definition) is 4. The van der Waals surface area contributed by atoms with Crippen LogP contribution >= 0.6 is 34.8 Å². The smallest absolute Gasteiger partial charge is 0.283 e. The Morgan fingerprint density at radius 3 is 2.29 bits per heavy atom. The van der Waals surface area contributed by atoms with Gasteiger partial charge >= 0.3 is 5.92 Å². The highest BCUT2D eigenvalue weighted by Gasteiger charge is 2.57. The van der Waals surface area contributed by atoms with Crippen molar-refractivity contribution in [3.05, 3.63) is 63.1 Å². The van der Waals surface area contributed by atoms with Gasteiger partial charge in [0, 0.05) is 23.1 Å². The second kappa shape index (κ2) is 8.90. The predicted molar refractivity (Wildman–Crippen MR) is 119 cm³/mol. The van der Waals surface area contributed by atoms with Crippen molar-refractivity contribution in [1.82, 2.24) is 10.4 Å². The Bertz CT molecular complexity index is 1010. The predicted octanol–water partition coefficient (Wildman–Crippen LogP) is 5.72. The molecular formula is C21H19Cl3F2N4O. The number of amides is 1. The Hall–Kier alpha value is -1.93. The quantitative estimate of drug-likeness (QED) is 0.600. The van der Waals surface area contributed by atoms with E-state index in [0.29, 0.717) is 23.1 Å². The molecule has 0 radical (unpaired) electrons. The van der Waals surface area contributed by atoms with Crippen LogP contribution in [0.1, 0.15) is 30.9 Å². The van der Waals surface area contributed by atoms with Crippen molar-refractivity contribution in [3.8, 4) is 0 Å². The number of carbonyl (C=O) groups is 1. The van der Waals surface area contributed by atoms with Crippen LogP contribution in [0.2, 0.25) is 15.1 Å². The van der Waals surface area contributed by atoms with Gasteiger partial charge in [-0.25, -0.2) is 10.0 Å². The van der Waals surface area contributed by atoms with Crippen molar-refractivity contribution in [2.24, 2.45) is 5.10 Å². The molecule has 2 heterocycles. The summed E-state index contributed by atoms with van der Waals surface area (Å²) < 4.78 is 31.3. The molecule has 2 aromatic rings. The molecule has 1 atom stereocenters. The zero-order valence-electron chi connectivity index (χ0n) is 16.3. The highest BCUT2D eigenvalue weighted by Crippen LogP contribution is 2.47. The molecule has 1 unspecified atom stereocenters. The number of nitrogens with zero attached hydrogens (tertiary/aromatic N) is 3. The molecule has 4 rings (SSSR count). The summed E-state index contributed by atoms with van der Waals surface area (Å²) in [6.45, 7) is 1.22. The summed E-state index contributed by atoms with van der Waals surface area (Å²) in [5.41, 5.74) is 2.16. The number of hydrogen-bond donors (Lipinski definition) is 1. The fourth-order valence-corrected chi connectivity index (χ4v) is 4.39. The highest BCUT2D eigenvalue weighted by atomic mass is 35.5. The second-order valence-corrected chi connectivity index (χ2v) is 8.73. The van der Waals surface area contributed by atoms with Crippen LogP contribution in [-0.4, -0.2) is 35.6 Å². The van der Waals surface area contributed by atoms with Crippen LogP contribution in [0.3, 0.4) is 0 Å². The molecule has 1 amide bonds. The molecule has 2 aliphatic heterocycles. The second-order valence-electron chi connectivity index (χ2n) is 7.45. The summed E-state index contributed by atoms with van der Waals surface area (Å²) in [4.78, 5) is 12.8. The van der Waals surface area contributed by atoms with Gasteiger partial charge < -0.3 is 0 Å². The number of benzene rings is 2. The van der Waals surface area contributed by atoms with E-state index in [4.69, 9.17) is 34.8 Å². The van der Waals surface area contributed by atoms with Crippen LogP contribution in [-0.2, 0) is 4.79 Å². The minimum Gasteiger partial charge on any atom is -0.283 e. The van der Waals surface area contributed by atoms with Gasteiger partial charge in [-0.05, 0) is 48.7 Å². The molecule has 10 heteroatoms. The first-order valence-corrected chi connectivity index (χ1v) is 10.9. The highest BCUT2D eigenvalue weighted by molar-refractivity contribution is 6.42. The maximum Gasteiger partial charge on any atom is 0.322 e. The van der Waals surface area contributed by atoms with Crippen LogP contribution in [0, 0.1) is 0 Å². The summed E-state index contributed by atoms with van der Waals surface area (Å²) in [6, 6.07) is 8.89. The zero-order chi connectivity index (χ0) is 22.2. The van der Waals surface area contributed by atoms with E-state index in [-0.39, 0.29) is 16.3 Å². The molecule has 1 N–H and O–H groups in total. The molecule has 164 valence electrons. The summed E-state index contributed by atoms with van der Waals surface area (Å²) in [5.74, 6) is -4.52. The van der Waals surface area contributed by atoms with Gasteiger partial charge in [0.1, 0.15) is 6.04 Å². The van der Waals surface area contributed by atoms with Gasteiger partial charge in [-0.15, -0.1) is 0 Å². The van der Waals surface area contributed by atoms with Crippen molar-refractivity contribution < 1.29 is 13.6 Å². The minimum absolute atomic E-state index is 0.142. The SMILES string of the molecule is O=C(NN1CCCCC1)C1=NN(c2ccc(Cl)cc2Cl)C(c2ccc(Cl)cc2)C1(F)F. The molecule has 0 spiro atoms. The van der Waals surface area contributed by atoms with Gasteiger partial charge in [-0.2, -0.15) is 13.9 Å². The number of anilines is 1. The number of carbonyl (C=O) groups excluding carboxylic acids is 1. The molecule has 5 nitrogen and oxygen atoms in total. The van der Waals surface area contributed by atoms with Crippen LogP contribution in [0.4, 0.5) is 14.5 Å². The van der Waals surface area contributed by atoms with Gasteiger partial charge in [0.2, 0.25) is 0 Å². The van der Waals surface area contributed by atoms with Crippen LogP contribution in [0.15, 0.2) is 47.6 Å². The average molecular weight is 488 g/mol. The fraction of sp³-hybridized carbons (Fsp3) is 0.333. The standard InChI is InChI=1S/C21H19Cl3F2N4O/c22-14-6-4-13(5-7-14)19-21(25,26)18(20(31)28-29-10-2-1-3-11-29)27-30(19)17-9-8-15(23)12-16(17)24/h4-9,12,19H,1-3,10-11H2,(H,28,31). The van der Waals surface area contributed by atoms with Crippen molar-refractivity contribution >= 4 is 52.1 Å². The van der Waals surface area contributed by atoms with E-state index < -0.39 is 23.6 Å². The lowest BCUT2D eigenvalue weighted by Gasteiger charge is -2.29. The largest absolute Gasteiger partial charge is 0.322 e. The van der Waals surface area contributed by atoms with Crippen molar-refractivity contribution in [1.29, 1.82) is 0 Å². The molecule has 0 aliphatic carbocycles. The molecule has 31 heavy (non-hydrogen) atoms. The maximum atomic E-state index is 15.7. The van der Waals surface area contributed by atoms with E-state index in [0.717, 1.165) is 24.3 Å². The van der Waals surface area contributed by atoms with E-state index in [9.17, 15) is 4.79 Å². The Labute approximate surface area is 193 Å². The third-order valence-corrected chi connectivity index (χ3v) is 6.07. The Balaban J connectivity index is 1.74. The molecule has 2 aliphatic rings. The van der Waals surface area contributed by atoms with Crippen molar-refractivity contribution in [3.63, 3.8) is 0 Å². The van der Waals surface area contributed by atoms with Gasteiger partial charge in [-0.1, -0.05) is 53.4 Å². The van der Waals surface area contributed by atoms with Gasteiger partial charge in [0.15, 0.2) is 5.71 Å². The fourth-order valence-electron chi connectivity index (χ4n) is 3.77. The number of hydrazone groups is 1. The van der Waals surface area contributed by atoms with E-state index in [1.54, 1.807) is 5.01 Å². The summed E-state index contributed by atoms with van der Waals surface area (Å²) in [7, 11) is 0. The lowest BCUT2D eigenvalue weighted by atomic mass is 9.97. The van der Waals surface area contributed by atoms with Gasteiger partial charge in [-0.3, -0.25) is 10.2 Å². The van der Waals surface area contributed by atoms with E-state index in [1.165, 1.54) is 42.5 Å². The first-order valence-electron chi connectivity index (χ1n) is 9.80. The monoisotopic (exact) mass is 486 g/mol. The van der Waals surface area contributed by atoms with Crippen LogP contribution in [0.25, 0.3) is 0 Å². The Morgan fingerprint density at radius 1 is 1.00 bits per heavy atom. The van der Waals surface area contributed by atoms with Gasteiger partial charge in [0.25, 0.3) is 5.91 Å². The molecule has 0 bridgehead atoms. The average Bonchev–Trinajstić information content (AvgIpc) is 3.00. The van der Waals surface area contributed by atoms with Crippen molar-refractivity contribution in [2.45, 2.75) is 31.2 Å². The number of alkyl halides is 2. The third kappa shape index (κ3) is 4.51. The lowest BCUT2D eigenvalue weighted by Crippen LogP contribution is -2.51. The number of nitrogens with one attached hydrogen (secondary N) is 1. The minimum atomic E-state index is -3.59.